The summed E-state index contributed by atoms with van der Waals surface area (Å²) in [6, 6.07) is 13.5. The highest BCUT2D eigenvalue weighted by Gasteiger charge is 2.15. The number of nitrogen functional groups attached to an aromatic ring is 1. The molecule has 0 radical (unpaired) electrons. The quantitative estimate of drug-likeness (QED) is 0.533. The van der Waals surface area contributed by atoms with Crippen molar-refractivity contribution in [1.29, 1.82) is 0 Å². The SMILES string of the molecule is Nc1cccc(-n2ccnc2)c1-c1nc(-c2ccccc2Cl)cs1. The highest BCUT2D eigenvalue weighted by atomic mass is 35.5. The molecule has 4 nitrogen and oxygen atoms in total. The third-order valence-corrected chi connectivity index (χ3v) is 4.91. The number of nitrogens with zero attached hydrogens (tertiary/aromatic N) is 3. The van der Waals surface area contributed by atoms with Crippen LogP contribution in [0.4, 0.5) is 5.69 Å². The summed E-state index contributed by atoms with van der Waals surface area (Å²) in [6.45, 7) is 0. The molecule has 0 aliphatic heterocycles. The summed E-state index contributed by atoms with van der Waals surface area (Å²) in [5.41, 5.74) is 10.5. The molecule has 6 heteroatoms. The fourth-order valence-corrected chi connectivity index (χ4v) is 3.72. The van der Waals surface area contributed by atoms with Crippen molar-refractivity contribution in [2.75, 3.05) is 5.73 Å². The van der Waals surface area contributed by atoms with Crippen LogP contribution in [0.25, 0.3) is 27.5 Å². The molecule has 2 aromatic carbocycles. The first kappa shape index (κ1) is 14.9. The molecular weight excluding hydrogens is 340 g/mol. The van der Waals surface area contributed by atoms with Crippen molar-refractivity contribution in [3.05, 3.63) is 71.6 Å². The Labute approximate surface area is 148 Å². The van der Waals surface area contributed by atoms with Gasteiger partial charge in [0, 0.05) is 34.0 Å². The Hall–Kier alpha value is -2.63. The third kappa shape index (κ3) is 2.58. The molecule has 0 saturated carbocycles. The van der Waals surface area contributed by atoms with Gasteiger partial charge in [-0.3, -0.25) is 0 Å². The van der Waals surface area contributed by atoms with Gasteiger partial charge in [0.05, 0.1) is 23.3 Å². The molecule has 24 heavy (non-hydrogen) atoms. The standard InChI is InChI=1S/C18H13ClN4S/c19-13-5-2-1-4-12(13)15-10-24-18(22-15)17-14(20)6-3-7-16(17)23-9-8-21-11-23/h1-11H,20H2. The zero-order valence-corrected chi connectivity index (χ0v) is 14.1. The molecule has 4 aromatic rings. The Morgan fingerprint density at radius 2 is 1.96 bits per heavy atom. The van der Waals surface area contributed by atoms with Crippen LogP contribution in [0.2, 0.25) is 5.02 Å². The van der Waals surface area contributed by atoms with Gasteiger partial charge in [-0.25, -0.2) is 9.97 Å². The van der Waals surface area contributed by atoms with Crippen LogP contribution < -0.4 is 5.73 Å². The average Bonchev–Trinajstić information content (AvgIpc) is 3.27. The molecule has 2 N–H and O–H groups in total. The summed E-state index contributed by atoms with van der Waals surface area (Å²) in [5.74, 6) is 0. The van der Waals surface area contributed by atoms with Crippen LogP contribution >= 0.6 is 22.9 Å². The van der Waals surface area contributed by atoms with Gasteiger partial charge in [0.15, 0.2) is 0 Å². The van der Waals surface area contributed by atoms with Gasteiger partial charge in [-0.2, -0.15) is 0 Å². The number of thiazole rings is 1. The van der Waals surface area contributed by atoms with Crippen molar-refractivity contribution >= 4 is 28.6 Å². The topological polar surface area (TPSA) is 56.7 Å². The predicted octanol–water partition coefficient (Wildman–Crippen LogP) is 4.90. The Morgan fingerprint density at radius 3 is 2.75 bits per heavy atom. The minimum absolute atomic E-state index is 0.682. The molecule has 118 valence electrons. The smallest absolute Gasteiger partial charge is 0.128 e. The van der Waals surface area contributed by atoms with Gasteiger partial charge >= 0.3 is 0 Å². The van der Waals surface area contributed by atoms with E-state index in [9.17, 15) is 0 Å². The maximum absolute atomic E-state index is 6.29. The highest BCUT2D eigenvalue weighted by molar-refractivity contribution is 7.13. The minimum Gasteiger partial charge on any atom is -0.398 e. The van der Waals surface area contributed by atoms with E-state index >= 15 is 0 Å². The molecule has 0 spiro atoms. The van der Waals surface area contributed by atoms with Crippen molar-refractivity contribution < 1.29 is 0 Å². The van der Waals surface area contributed by atoms with Gasteiger partial charge < -0.3 is 10.3 Å². The van der Waals surface area contributed by atoms with E-state index in [1.54, 1.807) is 23.9 Å². The second kappa shape index (κ2) is 6.11. The van der Waals surface area contributed by atoms with E-state index in [1.165, 1.54) is 0 Å². The predicted molar refractivity (Wildman–Crippen MR) is 99.5 cm³/mol. The lowest BCUT2D eigenvalue weighted by Crippen LogP contribution is -1.98. The lowest BCUT2D eigenvalue weighted by molar-refractivity contribution is 1.06. The monoisotopic (exact) mass is 352 g/mol. The van der Waals surface area contributed by atoms with E-state index in [2.05, 4.69) is 4.98 Å². The number of anilines is 1. The molecule has 0 aliphatic rings. The average molecular weight is 353 g/mol. The number of hydrogen-bond acceptors (Lipinski definition) is 4. The molecule has 2 heterocycles. The fraction of sp³-hybridized carbons (Fsp3) is 0. The van der Waals surface area contributed by atoms with Crippen LogP contribution in [0.5, 0.6) is 0 Å². The summed E-state index contributed by atoms with van der Waals surface area (Å²) in [7, 11) is 0. The van der Waals surface area contributed by atoms with Crippen LogP contribution in [0, 0.1) is 0 Å². The van der Waals surface area contributed by atoms with Crippen molar-refractivity contribution in [3.8, 4) is 27.5 Å². The fourth-order valence-electron chi connectivity index (χ4n) is 2.59. The van der Waals surface area contributed by atoms with Crippen LogP contribution in [-0.2, 0) is 0 Å². The normalized spacial score (nSPS) is 10.9. The second-order valence-electron chi connectivity index (χ2n) is 5.23. The number of hydrogen-bond donors (Lipinski definition) is 1. The molecule has 0 fully saturated rings. The largest absolute Gasteiger partial charge is 0.398 e. The van der Waals surface area contributed by atoms with Crippen molar-refractivity contribution in [2.24, 2.45) is 0 Å². The van der Waals surface area contributed by atoms with E-state index in [-0.39, 0.29) is 0 Å². The Balaban J connectivity index is 1.86. The molecule has 4 rings (SSSR count). The van der Waals surface area contributed by atoms with E-state index in [1.807, 2.05) is 58.6 Å². The van der Waals surface area contributed by atoms with E-state index in [0.29, 0.717) is 10.7 Å². The summed E-state index contributed by atoms with van der Waals surface area (Å²) in [6.07, 6.45) is 5.38. The summed E-state index contributed by atoms with van der Waals surface area (Å²) < 4.78 is 1.93. The van der Waals surface area contributed by atoms with Gasteiger partial charge in [0.2, 0.25) is 0 Å². The number of benzene rings is 2. The van der Waals surface area contributed by atoms with Gasteiger partial charge in [-0.15, -0.1) is 11.3 Å². The number of imidazole rings is 1. The van der Waals surface area contributed by atoms with E-state index in [4.69, 9.17) is 22.3 Å². The van der Waals surface area contributed by atoms with Crippen LogP contribution in [-0.4, -0.2) is 14.5 Å². The van der Waals surface area contributed by atoms with Crippen molar-refractivity contribution in [1.82, 2.24) is 14.5 Å². The summed E-state index contributed by atoms with van der Waals surface area (Å²) in [5, 5.41) is 3.54. The van der Waals surface area contributed by atoms with Gasteiger partial charge in [-0.1, -0.05) is 35.9 Å². The first-order valence-electron chi connectivity index (χ1n) is 7.31. The molecule has 0 amide bonds. The first-order chi connectivity index (χ1) is 11.7. The Morgan fingerprint density at radius 1 is 1.08 bits per heavy atom. The van der Waals surface area contributed by atoms with Gasteiger partial charge in [-0.05, 0) is 18.2 Å². The Bertz CT molecular complexity index is 992. The molecule has 0 unspecified atom stereocenters. The van der Waals surface area contributed by atoms with E-state index in [0.717, 1.165) is 27.5 Å². The van der Waals surface area contributed by atoms with Crippen LogP contribution in [0.1, 0.15) is 0 Å². The Kier molecular flexibility index (Phi) is 3.80. The molecule has 2 aromatic heterocycles. The van der Waals surface area contributed by atoms with Crippen molar-refractivity contribution in [3.63, 3.8) is 0 Å². The minimum atomic E-state index is 0.682. The van der Waals surface area contributed by atoms with Gasteiger partial charge in [0.1, 0.15) is 5.01 Å². The first-order valence-corrected chi connectivity index (χ1v) is 8.57. The van der Waals surface area contributed by atoms with Crippen molar-refractivity contribution in [2.45, 2.75) is 0 Å². The number of nitrogens with two attached hydrogens (primary N) is 1. The molecule has 0 bridgehead atoms. The maximum Gasteiger partial charge on any atom is 0.128 e. The molecule has 0 saturated heterocycles. The second-order valence-corrected chi connectivity index (χ2v) is 6.49. The maximum atomic E-state index is 6.29. The molecule has 0 aliphatic carbocycles. The number of halogens is 1. The lowest BCUT2D eigenvalue weighted by atomic mass is 10.1. The van der Waals surface area contributed by atoms with E-state index < -0.39 is 0 Å². The van der Waals surface area contributed by atoms with Crippen LogP contribution in [0.15, 0.2) is 66.6 Å². The number of rotatable bonds is 3. The number of aromatic nitrogens is 3. The summed E-state index contributed by atoms with van der Waals surface area (Å²) in [4.78, 5) is 8.88. The summed E-state index contributed by atoms with van der Waals surface area (Å²) >= 11 is 7.83. The van der Waals surface area contributed by atoms with Gasteiger partial charge in [0.25, 0.3) is 0 Å². The zero-order valence-electron chi connectivity index (χ0n) is 12.6. The highest BCUT2D eigenvalue weighted by Crippen LogP contribution is 2.37. The molecular formula is C18H13ClN4S. The molecule has 0 atom stereocenters. The lowest BCUT2D eigenvalue weighted by Gasteiger charge is -2.10. The zero-order chi connectivity index (χ0) is 16.5. The van der Waals surface area contributed by atoms with Crippen LogP contribution in [0.3, 0.4) is 0 Å². The third-order valence-electron chi connectivity index (χ3n) is 3.73.